The number of carboxylic acid groups (broad SMARTS) is 1. The first-order valence-electron chi connectivity index (χ1n) is 5.29. The second-order valence-electron chi connectivity index (χ2n) is 3.61. The van der Waals surface area contributed by atoms with Gasteiger partial charge in [0.2, 0.25) is 0 Å². The van der Waals surface area contributed by atoms with Crippen molar-refractivity contribution >= 4 is 11.9 Å². The maximum atomic E-state index is 11.7. The SMILES string of the molecule is O=C(O)c1ccn(C(=O)COc2ccccc2)c1. The summed E-state index contributed by atoms with van der Waals surface area (Å²) in [5.74, 6) is -0.798. The van der Waals surface area contributed by atoms with Crippen molar-refractivity contribution in [3.8, 4) is 5.75 Å². The van der Waals surface area contributed by atoms with Crippen LogP contribution in [0.1, 0.15) is 15.2 Å². The molecule has 0 atom stereocenters. The van der Waals surface area contributed by atoms with E-state index in [4.69, 9.17) is 9.84 Å². The zero-order valence-corrected chi connectivity index (χ0v) is 9.45. The molecule has 0 radical (unpaired) electrons. The summed E-state index contributed by atoms with van der Waals surface area (Å²) in [5.41, 5.74) is 0.0723. The van der Waals surface area contributed by atoms with Gasteiger partial charge < -0.3 is 9.84 Å². The number of hydrogen-bond donors (Lipinski definition) is 1. The minimum absolute atomic E-state index is 0.0723. The monoisotopic (exact) mass is 245 g/mol. The minimum Gasteiger partial charge on any atom is -0.484 e. The molecule has 5 nitrogen and oxygen atoms in total. The van der Waals surface area contributed by atoms with Gasteiger partial charge in [-0.2, -0.15) is 0 Å². The summed E-state index contributed by atoms with van der Waals surface area (Å²) in [7, 11) is 0. The van der Waals surface area contributed by atoms with Gasteiger partial charge in [-0.05, 0) is 18.2 Å². The molecule has 2 rings (SSSR count). The molecular weight excluding hydrogens is 234 g/mol. The van der Waals surface area contributed by atoms with E-state index in [1.54, 1.807) is 24.3 Å². The highest BCUT2D eigenvalue weighted by molar-refractivity contribution is 5.89. The van der Waals surface area contributed by atoms with E-state index in [-0.39, 0.29) is 18.1 Å². The van der Waals surface area contributed by atoms with Crippen molar-refractivity contribution in [3.05, 3.63) is 54.4 Å². The van der Waals surface area contributed by atoms with Gasteiger partial charge in [-0.15, -0.1) is 0 Å². The lowest BCUT2D eigenvalue weighted by Crippen LogP contribution is -2.17. The smallest absolute Gasteiger partial charge is 0.337 e. The van der Waals surface area contributed by atoms with E-state index in [0.29, 0.717) is 5.75 Å². The third-order valence-electron chi connectivity index (χ3n) is 2.33. The number of hydrogen-bond acceptors (Lipinski definition) is 3. The van der Waals surface area contributed by atoms with Crippen LogP contribution in [0.4, 0.5) is 0 Å². The normalized spacial score (nSPS) is 10.0. The van der Waals surface area contributed by atoms with Gasteiger partial charge in [-0.25, -0.2) is 4.79 Å². The number of nitrogens with zero attached hydrogens (tertiary/aromatic N) is 1. The molecule has 0 fully saturated rings. The zero-order chi connectivity index (χ0) is 13.0. The summed E-state index contributed by atoms with van der Waals surface area (Å²) in [5, 5.41) is 8.73. The van der Waals surface area contributed by atoms with Crippen LogP contribution in [-0.2, 0) is 0 Å². The quantitative estimate of drug-likeness (QED) is 0.893. The van der Waals surface area contributed by atoms with Crippen molar-refractivity contribution in [2.75, 3.05) is 6.61 Å². The van der Waals surface area contributed by atoms with E-state index in [1.807, 2.05) is 6.07 Å². The number of rotatable bonds is 4. The van der Waals surface area contributed by atoms with Crippen molar-refractivity contribution < 1.29 is 19.4 Å². The largest absolute Gasteiger partial charge is 0.484 e. The molecule has 0 bridgehead atoms. The van der Waals surface area contributed by atoms with Crippen molar-refractivity contribution in [1.29, 1.82) is 0 Å². The molecule has 1 aromatic heterocycles. The summed E-state index contributed by atoms with van der Waals surface area (Å²) in [4.78, 5) is 22.4. The molecule has 5 heteroatoms. The van der Waals surface area contributed by atoms with Crippen LogP contribution in [-0.4, -0.2) is 28.2 Å². The summed E-state index contributed by atoms with van der Waals surface area (Å²) < 4.78 is 6.47. The number of aromatic nitrogens is 1. The number of ether oxygens (including phenoxy) is 1. The highest BCUT2D eigenvalue weighted by Gasteiger charge is 2.10. The molecule has 2 aromatic rings. The molecule has 0 unspecified atom stereocenters. The molecule has 18 heavy (non-hydrogen) atoms. The molecule has 1 aromatic carbocycles. The fourth-order valence-electron chi connectivity index (χ4n) is 1.41. The fraction of sp³-hybridized carbons (Fsp3) is 0.0769. The Morgan fingerprint density at radius 2 is 1.89 bits per heavy atom. The molecule has 0 aliphatic heterocycles. The Bertz CT molecular complexity index is 559. The summed E-state index contributed by atoms with van der Waals surface area (Å²) in [6.07, 6.45) is 2.67. The molecule has 92 valence electrons. The lowest BCUT2D eigenvalue weighted by atomic mass is 10.3. The first-order chi connectivity index (χ1) is 8.66. The molecule has 0 saturated heterocycles. The Hall–Kier alpha value is -2.56. The predicted octanol–water partition coefficient (Wildman–Crippen LogP) is 1.91. The van der Waals surface area contributed by atoms with Crippen LogP contribution in [0.5, 0.6) is 5.75 Å². The predicted molar refractivity (Wildman–Crippen MR) is 64.0 cm³/mol. The first kappa shape index (κ1) is 11.9. The van der Waals surface area contributed by atoms with Gasteiger partial charge in [0.25, 0.3) is 5.91 Å². The number of para-hydroxylation sites is 1. The van der Waals surface area contributed by atoms with Crippen LogP contribution in [0.15, 0.2) is 48.8 Å². The van der Waals surface area contributed by atoms with Gasteiger partial charge >= 0.3 is 5.97 Å². The molecule has 0 amide bonds. The molecule has 0 saturated carbocycles. The number of carbonyl (C=O) groups excluding carboxylic acids is 1. The highest BCUT2D eigenvalue weighted by Crippen LogP contribution is 2.08. The van der Waals surface area contributed by atoms with Gasteiger partial charge in [0.1, 0.15) is 5.75 Å². The van der Waals surface area contributed by atoms with Gasteiger partial charge in [0, 0.05) is 12.4 Å². The zero-order valence-electron chi connectivity index (χ0n) is 9.45. The van der Waals surface area contributed by atoms with Crippen molar-refractivity contribution in [3.63, 3.8) is 0 Å². The Balaban J connectivity index is 1.97. The lowest BCUT2D eigenvalue weighted by Gasteiger charge is -2.05. The Morgan fingerprint density at radius 3 is 2.50 bits per heavy atom. The van der Waals surface area contributed by atoms with E-state index in [2.05, 4.69) is 0 Å². The third-order valence-corrected chi connectivity index (χ3v) is 2.33. The van der Waals surface area contributed by atoms with Crippen molar-refractivity contribution in [1.82, 2.24) is 4.57 Å². The lowest BCUT2D eigenvalue weighted by molar-refractivity contribution is 0.0697. The van der Waals surface area contributed by atoms with Crippen LogP contribution in [0.3, 0.4) is 0 Å². The van der Waals surface area contributed by atoms with Gasteiger partial charge in [0.15, 0.2) is 6.61 Å². The summed E-state index contributed by atoms with van der Waals surface area (Å²) in [6, 6.07) is 10.3. The maximum absolute atomic E-state index is 11.7. The van der Waals surface area contributed by atoms with Crippen LogP contribution in [0.25, 0.3) is 0 Å². The Labute approximate surface area is 103 Å². The van der Waals surface area contributed by atoms with Gasteiger partial charge in [-0.1, -0.05) is 18.2 Å². The third kappa shape index (κ3) is 2.76. The second-order valence-corrected chi connectivity index (χ2v) is 3.61. The standard InChI is InChI=1S/C13H11NO4/c15-12(9-18-11-4-2-1-3-5-11)14-7-6-10(8-14)13(16)17/h1-8H,9H2,(H,16,17). The number of aromatic carboxylic acids is 1. The Kier molecular flexibility index (Phi) is 3.43. The van der Waals surface area contributed by atoms with Crippen molar-refractivity contribution in [2.45, 2.75) is 0 Å². The van der Waals surface area contributed by atoms with E-state index in [9.17, 15) is 9.59 Å². The van der Waals surface area contributed by atoms with Crippen LogP contribution in [0.2, 0.25) is 0 Å². The van der Waals surface area contributed by atoms with E-state index >= 15 is 0 Å². The number of carbonyl (C=O) groups is 2. The Morgan fingerprint density at radius 1 is 1.17 bits per heavy atom. The average Bonchev–Trinajstić information content (AvgIpc) is 2.87. The topological polar surface area (TPSA) is 68.5 Å². The van der Waals surface area contributed by atoms with Crippen LogP contribution < -0.4 is 4.74 Å². The molecule has 0 spiro atoms. The van der Waals surface area contributed by atoms with Gasteiger partial charge in [-0.3, -0.25) is 9.36 Å². The molecule has 1 N–H and O–H groups in total. The highest BCUT2D eigenvalue weighted by atomic mass is 16.5. The number of carboxylic acids is 1. The van der Waals surface area contributed by atoms with E-state index in [0.717, 1.165) is 0 Å². The first-order valence-corrected chi connectivity index (χ1v) is 5.29. The molecule has 1 heterocycles. The van der Waals surface area contributed by atoms with Crippen molar-refractivity contribution in [2.24, 2.45) is 0 Å². The minimum atomic E-state index is -1.06. The average molecular weight is 245 g/mol. The second kappa shape index (κ2) is 5.18. The summed E-state index contributed by atoms with van der Waals surface area (Å²) in [6.45, 7) is -0.141. The van der Waals surface area contributed by atoms with Crippen LogP contribution in [0, 0.1) is 0 Å². The fourth-order valence-corrected chi connectivity index (χ4v) is 1.41. The summed E-state index contributed by atoms with van der Waals surface area (Å²) >= 11 is 0. The molecular formula is C13H11NO4. The van der Waals surface area contributed by atoms with E-state index < -0.39 is 5.97 Å². The maximum Gasteiger partial charge on any atom is 0.337 e. The number of benzene rings is 1. The van der Waals surface area contributed by atoms with E-state index in [1.165, 1.54) is 23.0 Å². The molecule has 0 aliphatic rings. The van der Waals surface area contributed by atoms with Crippen LogP contribution >= 0.6 is 0 Å². The molecule has 0 aliphatic carbocycles. The van der Waals surface area contributed by atoms with Gasteiger partial charge in [0.05, 0.1) is 5.56 Å².